The summed E-state index contributed by atoms with van der Waals surface area (Å²) in [5.41, 5.74) is 3.56. The lowest BCUT2D eigenvalue weighted by atomic mass is 9.86. The average molecular weight is 590 g/mol. The molecule has 3 rings (SSSR count). The van der Waals surface area contributed by atoms with Gasteiger partial charge in [0, 0.05) is 41.7 Å². The Kier molecular flexibility index (Phi) is 12.5. The first kappa shape index (κ1) is 33.3. The van der Waals surface area contributed by atoms with Crippen molar-refractivity contribution >= 4 is 29.0 Å². The third kappa shape index (κ3) is 8.44. The third-order valence-corrected chi connectivity index (χ3v) is 9.18. The number of hydrogen-bond acceptors (Lipinski definition) is 9. The maximum absolute atomic E-state index is 12.8. The highest BCUT2D eigenvalue weighted by Gasteiger charge is 2.37. The normalized spacial score (nSPS) is 19.4. The molecule has 0 aromatic heterocycles. The molecule has 41 heavy (non-hydrogen) atoms. The second kappa shape index (κ2) is 15.3. The Labute approximate surface area is 248 Å². The van der Waals surface area contributed by atoms with Crippen molar-refractivity contribution in [3.8, 4) is 0 Å². The summed E-state index contributed by atoms with van der Waals surface area (Å²) in [7, 11) is 4.04. The summed E-state index contributed by atoms with van der Waals surface area (Å²) in [6, 6.07) is 13.8. The molecule has 228 valence electrons. The molecule has 5 atom stereocenters. The highest BCUT2D eigenvalue weighted by molar-refractivity contribution is 7.99. The largest absolute Gasteiger partial charge is 0.394 e. The number of unbranched alkanes of at least 4 members (excludes halogenated alkanes) is 2. The molecule has 7 N–H and O–H groups in total. The second-order valence-electron chi connectivity index (χ2n) is 11.3. The van der Waals surface area contributed by atoms with Crippen LogP contribution in [0.4, 0.5) is 11.4 Å². The smallest absolute Gasteiger partial charge is 0.256 e. The quantitative estimate of drug-likeness (QED) is 0.177. The molecule has 2 unspecified atom stereocenters. The number of thioether (sulfide) groups is 1. The summed E-state index contributed by atoms with van der Waals surface area (Å²) >= 11 is 1.89. The Morgan fingerprint density at radius 3 is 2.34 bits per heavy atom. The highest BCUT2D eigenvalue weighted by atomic mass is 32.2. The predicted molar refractivity (Wildman–Crippen MR) is 164 cm³/mol. The van der Waals surface area contributed by atoms with E-state index in [1.807, 2.05) is 44.1 Å². The van der Waals surface area contributed by atoms with E-state index in [-0.39, 0.29) is 11.6 Å². The van der Waals surface area contributed by atoms with Crippen molar-refractivity contribution in [3.63, 3.8) is 0 Å². The minimum absolute atomic E-state index is 0.0676. The fourth-order valence-corrected chi connectivity index (χ4v) is 6.52. The second-order valence-corrected chi connectivity index (χ2v) is 12.3. The number of anilines is 2. The number of aliphatic hydroxyl groups excluding tert-OH is 5. The van der Waals surface area contributed by atoms with Gasteiger partial charge in [0.2, 0.25) is 0 Å². The molecule has 0 aliphatic carbocycles. The van der Waals surface area contributed by atoms with E-state index < -0.39 is 36.9 Å². The number of nitrogens with one attached hydrogen (secondary N) is 2. The molecule has 0 saturated carbocycles. The van der Waals surface area contributed by atoms with Gasteiger partial charge in [0.15, 0.2) is 6.10 Å². The van der Waals surface area contributed by atoms with Gasteiger partial charge in [0.05, 0.1) is 12.6 Å². The fourth-order valence-electron chi connectivity index (χ4n) is 5.21. The molecule has 1 aliphatic heterocycles. The van der Waals surface area contributed by atoms with Crippen molar-refractivity contribution in [1.29, 1.82) is 0 Å². The van der Waals surface area contributed by atoms with E-state index in [1.54, 1.807) is 6.07 Å². The maximum atomic E-state index is 12.8. The first-order valence-corrected chi connectivity index (χ1v) is 15.5. The molecule has 1 aliphatic rings. The van der Waals surface area contributed by atoms with Gasteiger partial charge in [0.25, 0.3) is 5.91 Å². The van der Waals surface area contributed by atoms with Gasteiger partial charge < -0.3 is 35.7 Å². The number of hydrogen-bond donors (Lipinski definition) is 7. The number of aliphatic hydroxyl groups is 5. The minimum Gasteiger partial charge on any atom is -0.394 e. The molecule has 0 bridgehead atoms. The van der Waals surface area contributed by atoms with Gasteiger partial charge in [0.1, 0.15) is 18.3 Å². The molecule has 1 amide bonds. The summed E-state index contributed by atoms with van der Waals surface area (Å²) in [6.45, 7) is 3.61. The van der Waals surface area contributed by atoms with Crippen molar-refractivity contribution in [1.82, 2.24) is 5.32 Å². The number of fused-ring (bicyclic) bond motifs is 1. The van der Waals surface area contributed by atoms with E-state index in [1.165, 1.54) is 4.90 Å². The summed E-state index contributed by atoms with van der Waals surface area (Å²) < 4.78 is 0. The summed E-state index contributed by atoms with van der Waals surface area (Å²) in [6.07, 6.45) is -0.980. The Morgan fingerprint density at radius 2 is 1.73 bits per heavy atom. The number of rotatable bonds is 14. The average Bonchev–Trinajstić information content (AvgIpc) is 3.14. The Bertz CT molecular complexity index is 1120. The van der Waals surface area contributed by atoms with E-state index in [0.29, 0.717) is 5.69 Å². The number of carbonyl (C=O) groups is 1. The molecule has 0 fully saturated rings. The van der Waals surface area contributed by atoms with Gasteiger partial charge in [-0.2, -0.15) is 0 Å². The standard InChI is InChI=1S/C31H47N3O6S/c1-5-7-14-31(15-8-6-2)19-41-25-13-12-22(34(3)4)17-23(25)26(33-31)20-10-9-11-21(16-20)32-30(40)29(39)28(38)27(37)24(36)18-35/h9-13,16-17,24,26-29,33,35-39H,5-8,14-15,18-19H2,1-4H3,(H,32,40)/t24?,26?,27-,28+,29-/m1/s1. The molecule has 2 aromatic rings. The van der Waals surface area contributed by atoms with Crippen LogP contribution in [0.2, 0.25) is 0 Å². The van der Waals surface area contributed by atoms with Crippen LogP contribution in [0.3, 0.4) is 0 Å². The van der Waals surface area contributed by atoms with E-state index >= 15 is 0 Å². The van der Waals surface area contributed by atoms with Crippen LogP contribution in [-0.2, 0) is 4.79 Å². The number of nitrogens with zero attached hydrogens (tertiary/aromatic N) is 1. The van der Waals surface area contributed by atoms with E-state index in [4.69, 9.17) is 5.11 Å². The first-order valence-electron chi connectivity index (χ1n) is 14.5. The van der Waals surface area contributed by atoms with Crippen LogP contribution in [0.5, 0.6) is 0 Å². The number of carbonyl (C=O) groups excluding carboxylic acids is 1. The van der Waals surface area contributed by atoms with Gasteiger partial charge in [-0.05, 0) is 54.3 Å². The molecule has 1 heterocycles. The van der Waals surface area contributed by atoms with E-state index in [0.717, 1.165) is 61.1 Å². The zero-order valence-electron chi connectivity index (χ0n) is 24.6. The van der Waals surface area contributed by atoms with Crippen LogP contribution < -0.4 is 15.5 Å². The Morgan fingerprint density at radius 1 is 1.05 bits per heavy atom. The van der Waals surface area contributed by atoms with Crippen LogP contribution in [-0.4, -0.2) is 87.8 Å². The van der Waals surface area contributed by atoms with E-state index in [2.05, 4.69) is 47.6 Å². The lowest BCUT2D eigenvalue weighted by molar-refractivity contribution is -0.144. The van der Waals surface area contributed by atoms with Crippen LogP contribution in [0, 0.1) is 0 Å². The van der Waals surface area contributed by atoms with Gasteiger partial charge in [-0.25, -0.2) is 0 Å². The van der Waals surface area contributed by atoms with Crippen molar-refractivity contribution in [2.24, 2.45) is 0 Å². The number of amides is 1. The van der Waals surface area contributed by atoms with Crippen LogP contribution in [0.25, 0.3) is 0 Å². The van der Waals surface area contributed by atoms with Crippen LogP contribution in [0.15, 0.2) is 47.4 Å². The summed E-state index contributed by atoms with van der Waals surface area (Å²) in [5, 5.41) is 55.7. The predicted octanol–water partition coefficient (Wildman–Crippen LogP) is 3.03. The third-order valence-electron chi connectivity index (χ3n) is 7.80. The fraction of sp³-hybridized carbons (Fsp3) is 0.581. The van der Waals surface area contributed by atoms with Gasteiger partial charge >= 0.3 is 0 Å². The zero-order chi connectivity index (χ0) is 30.2. The zero-order valence-corrected chi connectivity index (χ0v) is 25.4. The van der Waals surface area contributed by atoms with E-state index in [9.17, 15) is 25.2 Å². The van der Waals surface area contributed by atoms with Gasteiger partial charge in [-0.1, -0.05) is 51.7 Å². The van der Waals surface area contributed by atoms with Crippen molar-refractivity contribution in [2.45, 2.75) is 93.3 Å². The van der Waals surface area contributed by atoms with Crippen LogP contribution in [0.1, 0.15) is 69.5 Å². The van der Waals surface area contributed by atoms with Crippen molar-refractivity contribution < 1.29 is 30.3 Å². The Balaban J connectivity index is 1.98. The summed E-state index contributed by atoms with van der Waals surface area (Å²) in [5.74, 6) is 0.0270. The molecular weight excluding hydrogens is 542 g/mol. The van der Waals surface area contributed by atoms with Gasteiger partial charge in [-0.15, -0.1) is 11.8 Å². The SMILES string of the molecule is CCCCC1(CCCC)CSc2ccc(N(C)C)cc2C(c2cccc(NC(=O)[C@H](O)[C@@H](O)[C@H](O)C(O)CO)c2)N1. The minimum atomic E-state index is -2.01. The lowest BCUT2D eigenvalue weighted by Crippen LogP contribution is -2.50. The Hall–Kier alpha value is -2.18. The van der Waals surface area contributed by atoms with Crippen molar-refractivity contribution in [2.75, 3.05) is 36.7 Å². The monoisotopic (exact) mass is 589 g/mol. The highest BCUT2D eigenvalue weighted by Crippen LogP contribution is 2.43. The topological polar surface area (TPSA) is 146 Å². The van der Waals surface area contributed by atoms with Gasteiger partial charge in [-0.3, -0.25) is 10.1 Å². The lowest BCUT2D eigenvalue weighted by Gasteiger charge is -2.37. The molecule has 0 radical (unpaired) electrons. The van der Waals surface area contributed by atoms with Crippen LogP contribution >= 0.6 is 11.8 Å². The summed E-state index contributed by atoms with van der Waals surface area (Å²) in [4.78, 5) is 16.1. The number of benzene rings is 2. The molecular formula is C31H47N3O6S. The molecule has 0 saturated heterocycles. The molecule has 0 spiro atoms. The first-order chi connectivity index (χ1) is 19.6. The van der Waals surface area contributed by atoms with Crippen molar-refractivity contribution in [3.05, 3.63) is 53.6 Å². The molecule has 9 nitrogen and oxygen atoms in total. The maximum Gasteiger partial charge on any atom is 0.256 e. The molecule has 10 heteroatoms. The molecule has 2 aromatic carbocycles.